The summed E-state index contributed by atoms with van der Waals surface area (Å²) in [5.41, 5.74) is 1.19. The third-order valence-corrected chi connectivity index (χ3v) is 2.77. The van der Waals surface area contributed by atoms with E-state index in [0.29, 0.717) is 17.0 Å². The summed E-state index contributed by atoms with van der Waals surface area (Å²) in [5.74, 6) is 0.274. The van der Waals surface area contributed by atoms with E-state index in [1.54, 1.807) is 18.2 Å². The van der Waals surface area contributed by atoms with E-state index >= 15 is 0 Å². The molecule has 0 atom stereocenters. The molecule has 0 aliphatic carbocycles. The fourth-order valence-corrected chi connectivity index (χ4v) is 1.72. The molecule has 2 aromatic carbocycles. The zero-order valence-corrected chi connectivity index (χ0v) is 10.2. The quantitative estimate of drug-likeness (QED) is 0.619. The lowest BCUT2D eigenvalue weighted by Gasteiger charge is -1.98. The smallest absolute Gasteiger partial charge is 0.258 e. The summed E-state index contributed by atoms with van der Waals surface area (Å²) in [4.78, 5) is 4.20. The van der Waals surface area contributed by atoms with E-state index in [4.69, 9.17) is 4.52 Å². The molecule has 0 fully saturated rings. The van der Waals surface area contributed by atoms with Gasteiger partial charge in [0.05, 0.1) is 0 Å². The lowest BCUT2D eigenvalue weighted by Crippen LogP contribution is -1.81. The number of benzene rings is 2. The van der Waals surface area contributed by atoms with E-state index in [0.717, 1.165) is 0 Å². The predicted molar refractivity (Wildman–Crippen MR) is 70.2 cm³/mol. The van der Waals surface area contributed by atoms with Gasteiger partial charge in [-0.15, -0.1) is 0 Å². The van der Waals surface area contributed by atoms with Gasteiger partial charge >= 0.3 is 0 Å². The molecule has 0 spiro atoms. The highest BCUT2D eigenvalue weighted by Gasteiger charge is 2.12. The maximum absolute atomic E-state index is 9.45. The molecule has 0 saturated heterocycles. The monoisotopic (exact) mass is 270 g/mol. The second kappa shape index (κ2) is 4.58. The summed E-state index contributed by atoms with van der Waals surface area (Å²) in [6.07, 6.45) is 0. The van der Waals surface area contributed by atoms with E-state index in [2.05, 4.69) is 10.1 Å². The van der Waals surface area contributed by atoms with Crippen LogP contribution in [0, 0.1) is 0 Å². The SMILES string of the molecule is Oc1ccc(-c2noc(-c3ccc(O)c(O)c3)n2)cc1. The minimum atomic E-state index is -0.258. The van der Waals surface area contributed by atoms with Crippen LogP contribution in [-0.2, 0) is 0 Å². The van der Waals surface area contributed by atoms with Crippen LogP contribution in [-0.4, -0.2) is 25.5 Å². The Morgan fingerprint density at radius 3 is 2.20 bits per heavy atom. The Labute approximate surface area is 113 Å². The van der Waals surface area contributed by atoms with Crippen LogP contribution >= 0.6 is 0 Å². The summed E-state index contributed by atoms with van der Waals surface area (Å²) in [7, 11) is 0. The minimum absolute atomic E-state index is 0.154. The first-order valence-electron chi connectivity index (χ1n) is 5.79. The Hall–Kier alpha value is -3.02. The van der Waals surface area contributed by atoms with Crippen LogP contribution in [0.3, 0.4) is 0 Å². The number of hydrogen-bond acceptors (Lipinski definition) is 6. The number of hydrogen-bond donors (Lipinski definition) is 3. The first-order valence-corrected chi connectivity index (χ1v) is 5.79. The molecule has 1 heterocycles. The number of phenols is 3. The molecule has 3 rings (SSSR count). The van der Waals surface area contributed by atoms with Gasteiger partial charge in [-0.3, -0.25) is 0 Å². The Morgan fingerprint density at radius 1 is 0.800 bits per heavy atom. The maximum Gasteiger partial charge on any atom is 0.258 e. The van der Waals surface area contributed by atoms with Crippen molar-refractivity contribution in [1.29, 1.82) is 0 Å². The maximum atomic E-state index is 9.45. The van der Waals surface area contributed by atoms with Crippen LogP contribution in [0.1, 0.15) is 0 Å². The van der Waals surface area contributed by atoms with Gasteiger partial charge in [-0.25, -0.2) is 0 Å². The van der Waals surface area contributed by atoms with Gasteiger partial charge in [0.25, 0.3) is 5.89 Å². The van der Waals surface area contributed by atoms with Gasteiger partial charge in [0.15, 0.2) is 11.5 Å². The van der Waals surface area contributed by atoms with Crippen molar-refractivity contribution in [3.63, 3.8) is 0 Å². The van der Waals surface area contributed by atoms with Gasteiger partial charge in [-0.1, -0.05) is 5.16 Å². The zero-order valence-electron chi connectivity index (χ0n) is 10.2. The second-order valence-corrected chi connectivity index (χ2v) is 4.17. The molecule has 3 N–H and O–H groups in total. The second-order valence-electron chi connectivity index (χ2n) is 4.17. The summed E-state index contributed by atoms with van der Waals surface area (Å²) in [6, 6.07) is 10.6. The molecule has 0 bridgehead atoms. The summed E-state index contributed by atoms with van der Waals surface area (Å²) < 4.78 is 5.11. The molecule has 0 unspecified atom stereocenters. The summed E-state index contributed by atoms with van der Waals surface area (Å²) >= 11 is 0. The lowest BCUT2D eigenvalue weighted by atomic mass is 10.2. The molecule has 20 heavy (non-hydrogen) atoms. The summed E-state index contributed by atoms with van der Waals surface area (Å²) in [5, 5.41) is 31.8. The molecule has 0 radical (unpaired) electrons. The highest BCUT2D eigenvalue weighted by Crippen LogP contribution is 2.30. The highest BCUT2D eigenvalue weighted by molar-refractivity contribution is 5.62. The topological polar surface area (TPSA) is 99.6 Å². The molecule has 1 aromatic heterocycles. The van der Waals surface area contributed by atoms with E-state index in [1.165, 1.54) is 24.3 Å². The first-order chi connectivity index (χ1) is 9.63. The van der Waals surface area contributed by atoms with E-state index < -0.39 is 0 Å². The van der Waals surface area contributed by atoms with Crippen molar-refractivity contribution in [2.75, 3.05) is 0 Å². The largest absolute Gasteiger partial charge is 0.508 e. The molecule has 0 saturated carbocycles. The zero-order chi connectivity index (χ0) is 14.1. The minimum Gasteiger partial charge on any atom is -0.508 e. The molecular weight excluding hydrogens is 260 g/mol. The molecule has 0 amide bonds. The van der Waals surface area contributed by atoms with Crippen molar-refractivity contribution in [1.82, 2.24) is 10.1 Å². The number of aromatic nitrogens is 2. The van der Waals surface area contributed by atoms with Gasteiger partial charge in [-0.05, 0) is 42.5 Å². The van der Waals surface area contributed by atoms with Gasteiger partial charge in [0.1, 0.15) is 5.75 Å². The number of rotatable bonds is 2. The van der Waals surface area contributed by atoms with Gasteiger partial charge in [-0.2, -0.15) is 4.98 Å². The van der Waals surface area contributed by atoms with Crippen LogP contribution < -0.4 is 0 Å². The highest BCUT2D eigenvalue weighted by atomic mass is 16.5. The average Bonchev–Trinajstić information content (AvgIpc) is 2.92. The third kappa shape index (κ3) is 2.14. The molecule has 0 aliphatic heterocycles. The van der Waals surface area contributed by atoms with Crippen LogP contribution in [0.2, 0.25) is 0 Å². The lowest BCUT2D eigenvalue weighted by molar-refractivity contribution is 0.402. The van der Waals surface area contributed by atoms with Crippen LogP contribution in [0.25, 0.3) is 22.8 Å². The van der Waals surface area contributed by atoms with Gasteiger partial charge in [0.2, 0.25) is 5.82 Å². The Kier molecular flexibility index (Phi) is 2.76. The van der Waals surface area contributed by atoms with Crippen molar-refractivity contribution < 1.29 is 19.8 Å². The number of aromatic hydroxyl groups is 3. The van der Waals surface area contributed by atoms with E-state index in [1.807, 2.05) is 0 Å². The van der Waals surface area contributed by atoms with E-state index in [-0.39, 0.29) is 23.1 Å². The van der Waals surface area contributed by atoms with Crippen molar-refractivity contribution in [3.05, 3.63) is 42.5 Å². The number of nitrogens with zero attached hydrogens (tertiary/aromatic N) is 2. The predicted octanol–water partition coefficient (Wildman–Crippen LogP) is 2.52. The van der Waals surface area contributed by atoms with Crippen molar-refractivity contribution in [2.45, 2.75) is 0 Å². The van der Waals surface area contributed by atoms with Crippen molar-refractivity contribution in [3.8, 4) is 40.1 Å². The molecular formula is C14H10N2O4. The molecule has 6 heteroatoms. The Morgan fingerprint density at radius 2 is 1.50 bits per heavy atom. The summed E-state index contributed by atoms with van der Waals surface area (Å²) in [6.45, 7) is 0. The normalized spacial score (nSPS) is 10.6. The molecule has 3 aromatic rings. The Bertz CT molecular complexity index is 750. The average molecular weight is 270 g/mol. The van der Waals surface area contributed by atoms with E-state index in [9.17, 15) is 15.3 Å². The van der Waals surface area contributed by atoms with Crippen LogP contribution in [0.5, 0.6) is 17.2 Å². The Balaban J connectivity index is 1.97. The van der Waals surface area contributed by atoms with Gasteiger partial charge in [0, 0.05) is 11.1 Å². The molecule has 6 nitrogen and oxygen atoms in total. The third-order valence-electron chi connectivity index (χ3n) is 2.77. The fraction of sp³-hybridized carbons (Fsp3) is 0. The molecule has 0 aliphatic rings. The van der Waals surface area contributed by atoms with Gasteiger partial charge < -0.3 is 19.8 Å². The molecule has 100 valence electrons. The van der Waals surface area contributed by atoms with Crippen molar-refractivity contribution >= 4 is 0 Å². The van der Waals surface area contributed by atoms with Crippen LogP contribution in [0.15, 0.2) is 47.0 Å². The van der Waals surface area contributed by atoms with Crippen LogP contribution in [0.4, 0.5) is 0 Å². The standard InChI is InChI=1S/C14H10N2O4/c17-10-4-1-8(2-5-10)13-15-14(20-16-13)9-3-6-11(18)12(19)7-9/h1-7,17-19H. The van der Waals surface area contributed by atoms with Crippen molar-refractivity contribution in [2.24, 2.45) is 0 Å². The number of phenolic OH excluding ortho intramolecular Hbond substituents is 3. The fourth-order valence-electron chi connectivity index (χ4n) is 1.72. The first kappa shape index (κ1) is 12.0.